The Hall–Kier alpha value is -1.64. The highest BCUT2D eigenvalue weighted by Crippen LogP contribution is 2.17. The Labute approximate surface area is 76.3 Å². The van der Waals surface area contributed by atoms with Gasteiger partial charge in [0, 0.05) is 5.56 Å². The van der Waals surface area contributed by atoms with Gasteiger partial charge in [-0.15, -0.1) is 0 Å². The predicted molar refractivity (Wildman–Crippen MR) is 48.4 cm³/mol. The Bertz CT molecular complexity index is 342. The molecule has 0 aliphatic rings. The highest BCUT2D eigenvalue weighted by Gasteiger charge is 2.05. The molecule has 1 rings (SSSR count). The molecule has 68 valence electrons. The lowest BCUT2D eigenvalue weighted by Gasteiger charge is -2.03. The topological polar surface area (TPSA) is 43.4 Å². The number of ketones is 1. The van der Waals surface area contributed by atoms with E-state index in [1.165, 1.54) is 20.1 Å². The molecule has 0 aliphatic heterocycles. The lowest BCUT2D eigenvalue weighted by atomic mass is 10.1. The summed E-state index contributed by atoms with van der Waals surface area (Å²) in [6.07, 6.45) is 0.672. The van der Waals surface area contributed by atoms with Crippen molar-refractivity contribution in [1.82, 2.24) is 0 Å². The minimum absolute atomic E-state index is 0.0641. The van der Waals surface area contributed by atoms with E-state index in [0.717, 1.165) is 0 Å². The van der Waals surface area contributed by atoms with Gasteiger partial charge in [-0.25, -0.2) is 0 Å². The van der Waals surface area contributed by atoms with Crippen molar-refractivity contribution in [3.05, 3.63) is 29.3 Å². The van der Waals surface area contributed by atoms with E-state index in [0.29, 0.717) is 23.2 Å². The van der Waals surface area contributed by atoms with Crippen molar-refractivity contribution in [3.8, 4) is 5.75 Å². The summed E-state index contributed by atoms with van der Waals surface area (Å²) in [7, 11) is 1.48. The van der Waals surface area contributed by atoms with E-state index >= 15 is 0 Å². The van der Waals surface area contributed by atoms with Crippen molar-refractivity contribution in [2.45, 2.75) is 6.92 Å². The Morgan fingerprint density at radius 2 is 2.15 bits per heavy atom. The molecule has 0 atom stereocenters. The summed E-state index contributed by atoms with van der Waals surface area (Å²) in [6.45, 7) is 1.45. The molecule has 0 unspecified atom stereocenters. The van der Waals surface area contributed by atoms with Crippen LogP contribution in [0.3, 0.4) is 0 Å². The zero-order valence-electron chi connectivity index (χ0n) is 7.53. The minimum Gasteiger partial charge on any atom is -0.496 e. The largest absolute Gasteiger partial charge is 0.496 e. The van der Waals surface area contributed by atoms with Crippen LogP contribution in [0.25, 0.3) is 0 Å². The number of methoxy groups -OCH3 is 1. The third-order valence-corrected chi connectivity index (χ3v) is 1.76. The van der Waals surface area contributed by atoms with Gasteiger partial charge < -0.3 is 4.74 Å². The number of aldehydes is 1. The smallest absolute Gasteiger partial charge is 0.159 e. The molecule has 0 aliphatic carbocycles. The molecule has 0 N–H and O–H groups in total. The Morgan fingerprint density at radius 3 is 2.62 bits per heavy atom. The van der Waals surface area contributed by atoms with E-state index in [9.17, 15) is 9.59 Å². The number of hydrogen-bond acceptors (Lipinski definition) is 3. The number of carbonyl (C=O) groups excluding carboxylic acids is 2. The van der Waals surface area contributed by atoms with E-state index in [-0.39, 0.29) is 5.78 Å². The van der Waals surface area contributed by atoms with Gasteiger partial charge in [-0.2, -0.15) is 0 Å². The van der Waals surface area contributed by atoms with Crippen LogP contribution in [-0.2, 0) is 0 Å². The predicted octanol–water partition coefficient (Wildman–Crippen LogP) is 1.71. The maximum atomic E-state index is 11.0. The molecule has 1 aromatic carbocycles. The number of carbonyl (C=O) groups is 2. The van der Waals surface area contributed by atoms with Gasteiger partial charge in [-0.1, -0.05) is 0 Å². The van der Waals surface area contributed by atoms with Gasteiger partial charge in [0.15, 0.2) is 12.1 Å². The first-order chi connectivity index (χ1) is 6.19. The summed E-state index contributed by atoms with van der Waals surface area (Å²) in [4.78, 5) is 21.5. The fourth-order valence-corrected chi connectivity index (χ4v) is 1.05. The second-order valence-electron chi connectivity index (χ2n) is 2.63. The Balaban J connectivity index is 3.20. The summed E-state index contributed by atoms with van der Waals surface area (Å²) < 4.78 is 4.93. The molecular weight excluding hydrogens is 168 g/mol. The molecule has 13 heavy (non-hydrogen) atoms. The van der Waals surface area contributed by atoms with Crippen molar-refractivity contribution in [2.75, 3.05) is 7.11 Å². The number of rotatable bonds is 3. The van der Waals surface area contributed by atoms with E-state index in [2.05, 4.69) is 0 Å². The highest BCUT2D eigenvalue weighted by atomic mass is 16.5. The lowest BCUT2D eigenvalue weighted by Crippen LogP contribution is -1.96. The maximum absolute atomic E-state index is 11.0. The highest BCUT2D eigenvalue weighted by molar-refractivity contribution is 5.96. The number of hydrogen-bond donors (Lipinski definition) is 0. The summed E-state index contributed by atoms with van der Waals surface area (Å²) in [5.41, 5.74) is 0.915. The number of Topliss-reactive ketones (excluding diaryl/α,β-unsaturated/α-hetero) is 1. The van der Waals surface area contributed by atoms with Crippen molar-refractivity contribution in [1.29, 1.82) is 0 Å². The van der Waals surface area contributed by atoms with Crippen LogP contribution in [0.5, 0.6) is 5.75 Å². The summed E-state index contributed by atoms with van der Waals surface area (Å²) in [5, 5.41) is 0. The van der Waals surface area contributed by atoms with Gasteiger partial charge in [-0.05, 0) is 25.1 Å². The first-order valence-corrected chi connectivity index (χ1v) is 3.83. The van der Waals surface area contributed by atoms with Crippen molar-refractivity contribution >= 4 is 12.1 Å². The molecule has 3 heteroatoms. The summed E-state index contributed by atoms with van der Waals surface area (Å²) in [6, 6.07) is 4.77. The molecule has 0 saturated carbocycles. The second-order valence-corrected chi connectivity index (χ2v) is 2.63. The number of benzene rings is 1. The van der Waals surface area contributed by atoms with Crippen molar-refractivity contribution in [3.63, 3.8) is 0 Å². The standard InChI is InChI=1S/C10H10O3/c1-7(12)8-3-4-10(13-2)9(5-8)6-11/h3-6H,1-2H3. The zero-order valence-corrected chi connectivity index (χ0v) is 7.53. The third kappa shape index (κ3) is 1.93. The molecule has 0 radical (unpaired) electrons. The van der Waals surface area contributed by atoms with Gasteiger partial charge >= 0.3 is 0 Å². The normalized spacial score (nSPS) is 9.38. The monoisotopic (exact) mass is 178 g/mol. The van der Waals surface area contributed by atoms with Crippen LogP contribution in [0, 0.1) is 0 Å². The fraction of sp³-hybridized carbons (Fsp3) is 0.200. The summed E-state index contributed by atoms with van der Waals surface area (Å²) >= 11 is 0. The Kier molecular flexibility index (Phi) is 2.80. The van der Waals surface area contributed by atoms with Crippen LogP contribution in [-0.4, -0.2) is 19.2 Å². The van der Waals surface area contributed by atoms with Gasteiger partial charge in [0.25, 0.3) is 0 Å². The number of ether oxygens (including phenoxy) is 1. The first-order valence-electron chi connectivity index (χ1n) is 3.83. The molecule has 0 amide bonds. The molecule has 0 bridgehead atoms. The first kappa shape index (κ1) is 9.45. The lowest BCUT2D eigenvalue weighted by molar-refractivity contribution is 0.101. The van der Waals surface area contributed by atoms with Gasteiger partial charge in [0.2, 0.25) is 0 Å². The van der Waals surface area contributed by atoms with Crippen LogP contribution in [0.2, 0.25) is 0 Å². The van der Waals surface area contributed by atoms with Crippen LogP contribution >= 0.6 is 0 Å². The van der Waals surface area contributed by atoms with E-state index in [1.54, 1.807) is 12.1 Å². The molecule has 0 heterocycles. The molecule has 0 aromatic heterocycles. The summed E-state index contributed by atoms with van der Waals surface area (Å²) in [5.74, 6) is 0.422. The maximum Gasteiger partial charge on any atom is 0.159 e. The zero-order chi connectivity index (χ0) is 9.84. The van der Waals surface area contributed by atoms with Gasteiger partial charge in [0.1, 0.15) is 5.75 Å². The average Bonchev–Trinajstić information content (AvgIpc) is 2.16. The van der Waals surface area contributed by atoms with Gasteiger partial charge in [0.05, 0.1) is 12.7 Å². The van der Waals surface area contributed by atoms with Crippen LogP contribution < -0.4 is 4.74 Å². The third-order valence-electron chi connectivity index (χ3n) is 1.76. The minimum atomic E-state index is -0.0641. The average molecular weight is 178 g/mol. The van der Waals surface area contributed by atoms with E-state index in [4.69, 9.17) is 4.74 Å². The SMILES string of the molecule is COc1ccc(C(C)=O)cc1C=O. The molecule has 0 saturated heterocycles. The molecule has 0 fully saturated rings. The van der Waals surface area contributed by atoms with Crippen LogP contribution in [0.15, 0.2) is 18.2 Å². The molecule has 3 nitrogen and oxygen atoms in total. The van der Waals surface area contributed by atoms with Crippen molar-refractivity contribution < 1.29 is 14.3 Å². The molecule has 0 spiro atoms. The van der Waals surface area contributed by atoms with Crippen LogP contribution in [0.4, 0.5) is 0 Å². The Morgan fingerprint density at radius 1 is 1.46 bits per heavy atom. The van der Waals surface area contributed by atoms with Crippen molar-refractivity contribution in [2.24, 2.45) is 0 Å². The molecular formula is C10H10O3. The van der Waals surface area contributed by atoms with Crippen LogP contribution in [0.1, 0.15) is 27.6 Å². The fourth-order valence-electron chi connectivity index (χ4n) is 1.05. The van der Waals surface area contributed by atoms with E-state index < -0.39 is 0 Å². The quantitative estimate of drug-likeness (QED) is 0.522. The second kappa shape index (κ2) is 3.85. The van der Waals surface area contributed by atoms with E-state index in [1.807, 2.05) is 0 Å². The van der Waals surface area contributed by atoms with Gasteiger partial charge in [-0.3, -0.25) is 9.59 Å². The molecule has 1 aromatic rings.